The number of likely N-dealkylation sites (N-methyl/N-ethyl adjacent to an activating group) is 1. The molecule has 212 valence electrons. The van der Waals surface area contributed by atoms with Gasteiger partial charge in [0.2, 0.25) is 0 Å². The van der Waals surface area contributed by atoms with Gasteiger partial charge in [-0.2, -0.15) is 37.0 Å². The summed E-state index contributed by atoms with van der Waals surface area (Å²) in [6, 6.07) is 0.872. The van der Waals surface area contributed by atoms with Crippen LogP contribution in [-0.4, -0.2) is 110 Å². The molecule has 0 aliphatic heterocycles. The highest BCUT2D eigenvalue weighted by molar-refractivity contribution is 7.98. The molecule has 0 bridgehead atoms. The Hall–Kier alpha value is -2.50. The number of nitrogens with one attached hydrogen (secondary N) is 3. The van der Waals surface area contributed by atoms with Crippen LogP contribution in [0.5, 0.6) is 0 Å². The van der Waals surface area contributed by atoms with Crippen LogP contribution < -0.4 is 16.0 Å². The molecule has 13 nitrogen and oxygen atoms in total. The molecule has 38 heavy (non-hydrogen) atoms. The first-order chi connectivity index (χ1) is 17.7. The van der Waals surface area contributed by atoms with Crippen molar-refractivity contribution in [2.75, 3.05) is 31.4 Å². The minimum atomic E-state index is -1.65. The number of aliphatic carboxylic acids is 3. The van der Waals surface area contributed by atoms with E-state index in [1.54, 1.807) is 13.2 Å². The van der Waals surface area contributed by atoms with E-state index in [9.17, 15) is 44.4 Å². The monoisotopic (exact) mass is 592 g/mol. The van der Waals surface area contributed by atoms with Crippen LogP contribution in [0.2, 0.25) is 0 Å². The van der Waals surface area contributed by atoms with E-state index >= 15 is 0 Å². The zero-order chi connectivity index (χ0) is 29.2. The highest BCUT2D eigenvalue weighted by Gasteiger charge is 2.28. The van der Waals surface area contributed by atoms with E-state index in [0.29, 0.717) is 0 Å². The van der Waals surface area contributed by atoms with Crippen molar-refractivity contribution in [2.45, 2.75) is 36.7 Å². The summed E-state index contributed by atoms with van der Waals surface area (Å²) in [7, 11) is 1.47. The molecule has 0 saturated heterocycles. The number of carboxylic acid groups (broad SMARTS) is 3. The number of carbonyl (C=O) groups is 5. The molecular formula is C22H32N4O9S3. The number of carbonyl (C=O) groups excluding carboxylic acids is 2. The predicted molar refractivity (Wildman–Crippen MR) is 147 cm³/mol. The van der Waals surface area contributed by atoms with Gasteiger partial charge in [0.15, 0.2) is 6.17 Å². The molecule has 0 fully saturated rings. The normalized spacial score (nSPS) is 15.1. The Balaban J connectivity index is 3.45. The minimum absolute atomic E-state index is 0.0860. The van der Waals surface area contributed by atoms with E-state index in [-0.39, 0.29) is 40.0 Å². The van der Waals surface area contributed by atoms with Gasteiger partial charge in [0, 0.05) is 34.4 Å². The Bertz CT molecular complexity index is 1030. The highest BCUT2D eigenvalue weighted by Crippen LogP contribution is 2.18. The van der Waals surface area contributed by atoms with Crippen molar-refractivity contribution in [2.24, 2.45) is 0 Å². The first-order valence-corrected chi connectivity index (χ1v) is 13.6. The lowest BCUT2D eigenvalue weighted by atomic mass is 10.0. The van der Waals surface area contributed by atoms with Crippen LogP contribution in [0.15, 0.2) is 18.2 Å². The van der Waals surface area contributed by atoms with Gasteiger partial charge in [-0.15, -0.1) is 0 Å². The standard InChI is InChI=1S/C22H32N4O9S3/c1-10(37)7-26(2)16(22(34)35)25-19(29)13-5-11(17(27)23-14(8-36)20(30)31)4-12(6-13)18(28)24-15(9-38-3)21(32)33/h4-6,10,14-16,18,24,28,36-37H,7-9H2,1-3H3,(H,23,27)(H,25,29)(H,30,31)(H,32,33)(H,34,35)/t10-,14?,15?,16?,18?/m1/s1. The molecule has 0 heterocycles. The summed E-state index contributed by atoms with van der Waals surface area (Å²) in [5.74, 6) is -5.91. The van der Waals surface area contributed by atoms with Crippen molar-refractivity contribution in [3.63, 3.8) is 0 Å². The zero-order valence-electron chi connectivity index (χ0n) is 20.8. The molecule has 7 N–H and O–H groups in total. The molecule has 16 heteroatoms. The summed E-state index contributed by atoms with van der Waals surface area (Å²) in [6.45, 7) is 1.95. The molecule has 2 amide bonds. The number of aliphatic hydroxyl groups excluding tert-OH is 1. The van der Waals surface area contributed by atoms with E-state index < -0.39 is 54.2 Å². The number of thioether (sulfide) groups is 1. The van der Waals surface area contributed by atoms with Crippen LogP contribution in [0.3, 0.4) is 0 Å². The molecule has 4 unspecified atom stereocenters. The lowest BCUT2D eigenvalue weighted by molar-refractivity contribution is -0.144. The smallest absolute Gasteiger partial charge is 0.341 e. The molecule has 0 aliphatic rings. The summed E-state index contributed by atoms with van der Waals surface area (Å²) < 4.78 is 0. The van der Waals surface area contributed by atoms with Crippen molar-refractivity contribution in [3.05, 3.63) is 34.9 Å². The van der Waals surface area contributed by atoms with Crippen molar-refractivity contribution >= 4 is 66.7 Å². The Morgan fingerprint density at radius 2 is 1.47 bits per heavy atom. The van der Waals surface area contributed by atoms with E-state index in [0.717, 1.165) is 18.2 Å². The molecule has 0 radical (unpaired) electrons. The number of amides is 2. The molecule has 0 saturated carbocycles. The van der Waals surface area contributed by atoms with E-state index in [1.807, 2.05) is 0 Å². The van der Waals surface area contributed by atoms with Gasteiger partial charge < -0.3 is 31.1 Å². The van der Waals surface area contributed by atoms with E-state index in [2.05, 4.69) is 41.2 Å². The number of benzene rings is 1. The first kappa shape index (κ1) is 33.5. The fourth-order valence-corrected chi connectivity index (χ4v) is 4.31. The van der Waals surface area contributed by atoms with E-state index in [1.165, 1.54) is 23.7 Å². The third kappa shape index (κ3) is 10.3. The molecule has 5 atom stereocenters. The van der Waals surface area contributed by atoms with Crippen LogP contribution >= 0.6 is 37.0 Å². The molecule has 0 aromatic heterocycles. The van der Waals surface area contributed by atoms with Gasteiger partial charge in [-0.05, 0) is 37.1 Å². The van der Waals surface area contributed by atoms with Crippen molar-refractivity contribution in [3.8, 4) is 0 Å². The lowest BCUT2D eigenvalue weighted by Gasteiger charge is -2.26. The second-order valence-corrected chi connectivity index (χ2v) is 10.5. The largest absolute Gasteiger partial charge is 0.480 e. The summed E-state index contributed by atoms with van der Waals surface area (Å²) in [5, 5.41) is 45.7. The van der Waals surface area contributed by atoms with Crippen LogP contribution in [0, 0.1) is 0 Å². The minimum Gasteiger partial charge on any atom is -0.480 e. The van der Waals surface area contributed by atoms with Gasteiger partial charge >= 0.3 is 17.9 Å². The van der Waals surface area contributed by atoms with Crippen LogP contribution in [-0.2, 0) is 14.4 Å². The number of rotatable bonds is 16. The molecule has 1 aromatic rings. The predicted octanol–water partition coefficient (Wildman–Crippen LogP) is -0.413. The Morgan fingerprint density at radius 3 is 1.89 bits per heavy atom. The van der Waals surface area contributed by atoms with E-state index in [4.69, 9.17) is 0 Å². The molecule has 1 rings (SSSR count). The Labute approximate surface area is 234 Å². The second-order valence-electron chi connectivity index (χ2n) is 8.31. The summed E-state index contributed by atoms with van der Waals surface area (Å²) in [6.07, 6.45) is -1.44. The van der Waals surface area contributed by atoms with Crippen molar-refractivity contribution in [1.29, 1.82) is 0 Å². The molecule has 1 aromatic carbocycles. The number of nitrogens with zero attached hydrogens (tertiary/aromatic N) is 1. The number of carboxylic acids is 3. The summed E-state index contributed by atoms with van der Waals surface area (Å²) in [5.41, 5.74) is -0.554. The van der Waals surface area contributed by atoms with Gasteiger partial charge in [0.1, 0.15) is 18.3 Å². The second kappa shape index (κ2) is 15.8. The van der Waals surface area contributed by atoms with Gasteiger partial charge in [0.05, 0.1) is 0 Å². The molecule has 0 spiro atoms. The lowest BCUT2D eigenvalue weighted by Crippen LogP contribution is -2.52. The molecule has 0 aliphatic carbocycles. The van der Waals surface area contributed by atoms with Gasteiger partial charge in [0.25, 0.3) is 11.8 Å². The summed E-state index contributed by atoms with van der Waals surface area (Å²) >= 11 is 9.32. The Morgan fingerprint density at radius 1 is 0.947 bits per heavy atom. The first-order valence-electron chi connectivity index (χ1n) is 11.1. The quantitative estimate of drug-likeness (QED) is 0.0887. The fraction of sp³-hybridized carbons (Fsp3) is 0.500. The maximum absolute atomic E-state index is 13.1. The van der Waals surface area contributed by atoms with Crippen LogP contribution in [0.4, 0.5) is 0 Å². The van der Waals surface area contributed by atoms with Crippen molar-refractivity contribution < 1.29 is 44.4 Å². The van der Waals surface area contributed by atoms with Gasteiger partial charge in [-0.25, -0.2) is 9.59 Å². The molecular weight excluding hydrogens is 560 g/mol. The number of thiol groups is 2. The van der Waals surface area contributed by atoms with Crippen LogP contribution in [0.25, 0.3) is 0 Å². The number of hydrogen-bond donors (Lipinski definition) is 9. The number of aliphatic hydroxyl groups is 1. The average molecular weight is 593 g/mol. The van der Waals surface area contributed by atoms with Crippen LogP contribution in [0.1, 0.15) is 39.4 Å². The van der Waals surface area contributed by atoms with Gasteiger partial charge in [-0.3, -0.25) is 24.6 Å². The topological polar surface area (TPSA) is 206 Å². The number of hydrogen-bond acceptors (Lipinski definition) is 11. The summed E-state index contributed by atoms with van der Waals surface area (Å²) in [4.78, 5) is 61.8. The SMILES string of the molecule is CSCC(NC(O)c1cc(C(=O)NC(CS)C(=O)O)cc(C(=O)NC(C(=O)O)N(C)C[C@@H](C)S)c1)C(=O)O. The Kier molecular flexibility index (Phi) is 13.9. The maximum Gasteiger partial charge on any atom is 0.341 e. The zero-order valence-corrected chi connectivity index (χ0v) is 23.4. The fourth-order valence-electron chi connectivity index (χ4n) is 3.23. The third-order valence-corrected chi connectivity index (χ3v) is 6.26. The maximum atomic E-state index is 13.1. The average Bonchev–Trinajstić information content (AvgIpc) is 2.83. The highest BCUT2D eigenvalue weighted by atomic mass is 32.2. The third-order valence-electron chi connectivity index (χ3n) is 5.07. The van der Waals surface area contributed by atoms with Gasteiger partial charge in [-0.1, -0.05) is 6.92 Å². The van der Waals surface area contributed by atoms with Crippen molar-refractivity contribution in [1.82, 2.24) is 20.9 Å².